The maximum Gasteiger partial charge on any atom is 0.337 e. The summed E-state index contributed by atoms with van der Waals surface area (Å²) in [7, 11) is 0. The van der Waals surface area contributed by atoms with E-state index in [9.17, 15) is 9.59 Å². The molecule has 4 aliphatic rings. The number of ether oxygens (including phenoxy) is 3. The summed E-state index contributed by atoms with van der Waals surface area (Å²) in [4.78, 5) is 22.7. The van der Waals surface area contributed by atoms with Crippen LogP contribution in [0.4, 0.5) is 0 Å². The molecular weight excluding hydrogens is 332 g/mol. The molecule has 0 aromatic carbocycles. The minimum atomic E-state index is -0.575. The van der Waals surface area contributed by atoms with Crippen LogP contribution in [0.1, 0.15) is 46.0 Å². The molecular formula is C21H28O5. The minimum absolute atomic E-state index is 0.117. The minimum Gasteiger partial charge on any atom is -0.458 e. The van der Waals surface area contributed by atoms with Gasteiger partial charge in [0.05, 0.1) is 18.3 Å². The first kappa shape index (κ1) is 17.8. The average molecular weight is 360 g/mol. The van der Waals surface area contributed by atoms with Gasteiger partial charge in [0.25, 0.3) is 6.47 Å². The lowest BCUT2D eigenvalue weighted by Crippen LogP contribution is -2.64. The Morgan fingerprint density at radius 2 is 2.12 bits per heavy atom. The molecule has 2 aliphatic carbocycles. The lowest BCUT2D eigenvalue weighted by Gasteiger charge is -2.65. The molecule has 2 saturated carbocycles. The van der Waals surface area contributed by atoms with Crippen LogP contribution >= 0.6 is 0 Å². The molecule has 0 radical (unpaired) electrons. The molecule has 26 heavy (non-hydrogen) atoms. The van der Waals surface area contributed by atoms with Gasteiger partial charge in [-0.1, -0.05) is 32.1 Å². The Labute approximate surface area is 154 Å². The fraction of sp³-hybridized carbons (Fsp3) is 0.714. The van der Waals surface area contributed by atoms with Gasteiger partial charge in [0.15, 0.2) is 6.10 Å². The zero-order chi connectivity index (χ0) is 18.5. The van der Waals surface area contributed by atoms with Crippen LogP contribution in [0.2, 0.25) is 0 Å². The SMILES string of the molecule is C=C1CC[C@@H]2[C@]3(C)CO[C@@H]3CC[C@@]2(C)[C@@H]1C/C=C1/C(=O)OC[C@@H]1OC=O. The highest BCUT2D eigenvalue weighted by atomic mass is 16.6. The van der Waals surface area contributed by atoms with Crippen LogP contribution < -0.4 is 0 Å². The summed E-state index contributed by atoms with van der Waals surface area (Å²) in [6.45, 7) is 10.5. The van der Waals surface area contributed by atoms with Gasteiger partial charge in [0.2, 0.25) is 0 Å². The lowest BCUT2D eigenvalue weighted by atomic mass is 9.45. The van der Waals surface area contributed by atoms with E-state index in [-0.39, 0.29) is 23.4 Å². The van der Waals surface area contributed by atoms with E-state index in [0.29, 0.717) is 30.0 Å². The lowest BCUT2D eigenvalue weighted by molar-refractivity contribution is -0.262. The summed E-state index contributed by atoms with van der Waals surface area (Å²) < 4.78 is 15.9. The average Bonchev–Trinajstić information content (AvgIpc) is 2.93. The monoisotopic (exact) mass is 360 g/mol. The molecule has 4 fully saturated rings. The van der Waals surface area contributed by atoms with Crippen LogP contribution in [-0.2, 0) is 23.8 Å². The van der Waals surface area contributed by atoms with Gasteiger partial charge in [0.1, 0.15) is 6.61 Å². The van der Waals surface area contributed by atoms with Crippen molar-refractivity contribution in [2.45, 2.75) is 58.2 Å². The normalized spacial score (nSPS) is 46.2. The van der Waals surface area contributed by atoms with E-state index in [0.717, 1.165) is 32.3 Å². The van der Waals surface area contributed by atoms with E-state index >= 15 is 0 Å². The van der Waals surface area contributed by atoms with Gasteiger partial charge in [0, 0.05) is 5.41 Å². The van der Waals surface area contributed by atoms with Gasteiger partial charge in [-0.25, -0.2) is 4.79 Å². The molecule has 0 aromatic rings. The second kappa shape index (κ2) is 6.22. The van der Waals surface area contributed by atoms with Crippen LogP contribution in [-0.4, -0.2) is 37.9 Å². The molecule has 142 valence electrons. The predicted octanol–water partition coefficient (Wildman–Crippen LogP) is 3.19. The predicted molar refractivity (Wildman–Crippen MR) is 95.1 cm³/mol. The number of fused-ring (bicyclic) bond motifs is 3. The van der Waals surface area contributed by atoms with Crippen molar-refractivity contribution in [1.82, 2.24) is 0 Å². The van der Waals surface area contributed by atoms with Crippen LogP contribution in [0.3, 0.4) is 0 Å². The summed E-state index contributed by atoms with van der Waals surface area (Å²) in [6, 6.07) is 0. The molecule has 5 nitrogen and oxygen atoms in total. The fourth-order valence-electron chi connectivity index (χ4n) is 6.15. The van der Waals surface area contributed by atoms with Crippen LogP contribution in [0.25, 0.3) is 0 Å². The Morgan fingerprint density at radius 1 is 1.31 bits per heavy atom. The number of allylic oxidation sites excluding steroid dienone is 2. The molecule has 0 bridgehead atoms. The van der Waals surface area contributed by atoms with Gasteiger partial charge in [-0.15, -0.1) is 0 Å². The maximum atomic E-state index is 12.0. The molecule has 0 N–H and O–H groups in total. The van der Waals surface area contributed by atoms with E-state index in [2.05, 4.69) is 20.4 Å². The second-order valence-corrected chi connectivity index (χ2v) is 8.87. The molecule has 0 aromatic heterocycles. The van der Waals surface area contributed by atoms with Gasteiger partial charge in [-0.05, 0) is 49.4 Å². The molecule has 2 heterocycles. The quantitative estimate of drug-likeness (QED) is 0.333. The van der Waals surface area contributed by atoms with Gasteiger partial charge >= 0.3 is 5.97 Å². The first-order valence-electron chi connectivity index (χ1n) is 9.65. The Morgan fingerprint density at radius 3 is 2.81 bits per heavy atom. The highest BCUT2D eigenvalue weighted by Gasteiger charge is 2.61. The third-order valence-electron chi connectivity index (χ3n) is 7.65. The third-order valence-corrected chi connectivity index (χ3v) is 7.65. The first-order valence-corrected chi connectivity index (χ1v) is 9.65. The van der Waals surface area contributed by atoms with E-state index in [4.69, 9.17) is 14.2 Å². The Kier molecular flexibility index (Phi) is 4.25. The topological polar surface area (TPSA) is 61.8 Å². The molecule has 6 atom stereocenters. The van der Waals surface area contributed by atoms with Gasteiger partial charge in [-0.2, -0.15) is 0 Å². The summed E-state index contributed by atoms with van der Waals surface area (Å²) in [5.74, 6) is 0.578. The Balaban J connectivity index is 1.58. The number of carbonyl (C=O) groups is 2. The zero-order valence-electron chi connectivity index (χ0n) is 15.7. The number of carbonyl (C=O) groups excluding carboxylic acids is 2. The smallest absolute Gasteiger partial charge is 0.337 e. The van der Waals surface area contributed by atoms with Crippen molar-refractivity contribution < 1.29 is 23.8 Å². The summed E-state index contributed by atoms with van der Waals surface area (Å²) in [5, 5.41) is 0. The number of hydrogen-bond acceptors (Lipinski definition) is 5. The summed E-state index contributed by atoms with van der Waals surface area (Å²) >= 11 is 0. The third kappa shape index (κ3) is 2.47. The van der Waals surface area contributed by atoms with Crippen molar-refractivity contribution in [3.05, 3.63) is 23.8 Å². The van der Waals surface area contributed by atoms with Crippen molar-refractivity contribution in [3.8, 4) is 0 Å². The van der Waals surface area contributed by atoms with E-state index in [1.165, 1.54) is 12.0 Å². The first-order chi connectivity index (χ1) is 12.4. The molecule has 2 aliphatic heterocycles. The molecule has 5 heteroatoms. The van der Waals surface area contributed by atoms with Crippen molar-refractivity contribution in [2.24, 2.45) is 22.7 Å². The fourth-order valence-corrected chi connectivity index (χ4v) is 6.15. The summed E-state index contributed by atoms with van der Waals surface area (Å²) in [6.07, 6.45) is 6.95. The highest BCUT2D eigenvalue weighted by Crippen LogP contribution is 2.64. The van der Waals surface area contributed by atoms with Crippen molar-refractivity contribution >= 4 is 12.4 Å². The van der Waals surface area contributed by atoms with E-state index in [1.54, 1.807) is 0 Å². The Hall–Kier alpha value is -1.62. The highest BCUT2D eigenvalue weighted by molar-refractivity contribution is 5.91. The largest absolute Gasteiger partial charge is 0.458 e. The molecule has 0 unspecified atom stereocenters. The molecule has 2 saturated heterocycles. The molecule has 4 rings (SSSR count). The van der Waals surface area contributed by atoms with Crippen molar-refractivity contribution in [2.75, 3.05) is 13.2 Å². The molecule has 0 spiro atoms. The number of cyclic esters (lactones) is 1. The van der Waals surface area contributed by atoms with Crippen LogP contribution in [0.5, 0.6) is 0 Å². The molecule has 0 amide bonds. The number of hydrogen-bond donors (Lipinski definition) is 0. The number of esters is 1. The van der Waals surface area contributed by atoms with Crippen LogP contribution in [0.15, 0.2) is 23.8 Å². The summed E-state index contributed by atoms with van der Waals surface area (Å²) in [5.41, 5.74) is 2.20. The van der Waals surface area contributed by atoms with Gasteiger partial charge < -0.3 is 14.2 Å². The Bertz CT molecular complexity index is 667. The second-order valence-electron chi connectivity index (χ2n) is 8.87. The van der Waals surface area contributed by atoms with Crippen LogP contribution in [0, 0.1) is 22.7 Å². The van der Waals surface area contributed by atoms with E-state index in [1.807, 2.05) is 6.08 Å². The number of rotatable bonds is 4. The zero-order valence-corrected chi connectivity index (χ0v) is 15.7. The van der Waals surface area contributed by atoms with Gasteiger partial charge in [-0.3, -0.25) is 4.79 Å². The maximum absolute atomic E-state index is 12.0. The van der Waals surface area contributed by atoms with Crippen molar-refractivity contribution in [3.63, 3.8) is 0 Å². The standard InChI is InChI=1S/C21H28O5/c1-13-4-7-17-20(2,9-8-18-21(17,3)11-25-18)15(13)6-5-14-16(26-12-22)10-24-19(14)23/h5,12,15-18H,1,4,6-11H2,2-3H3/b14-5+/t15-,16+,17+,18-,20+,21+/m1/s1. The van der Waals surface area contributed by atoms with E-state index < -0.39 is 6.10 Å². The van der Waals surface area contributed by atoms with Crippen molar-refractivity contribution in [1.29, 1.82) is 0 Å².